The largest absolute Gasteiger partial charge is 0.464 e. The summed E-state index contributed by atoms with van der Waals surface area (Å²) in [7, 11) is 1.30. The standard InChI is InChI=1S/C12H14N2O3S/c1-3-4-5-6-10(15)13-7-11-14-9(8-18-11)12(16)17-2/h3-6,8H,7H2,1-2H3,(H,13,15)/b4-3+,6-5+. The minimum atomic E-state index is -0.475. The van der Waals surface area contributed by atoms with Gasteiger partial charge in [0.15, 0.2) is 5.69 Å². The average Bonchev–Trinajstić information content (AvgIpc) is 2.84. The number of amides is 1. The Morgan fingerprint density at radius 3 is 2.94 bits per heavy atom. The van der Waals surface area contributed by atoms with E-state index < -0.39 is 5.97 Å². The van der Waals surface area contributed by atoms with Crippen LogP contribution < -0.4 is 5.32 Å². The monoisotopic (exact) mass is 266 g/mol. The van der Waals surface area contributed by atoms with E-state index in [1.165, 1.54) is 24.5 Å². The summed E-state index contributed by atoms with van der Waals surface area (Å²) in [6, 6.07) is 0. The molecule has 0 unspecified atom stereocenters. The molecule has 0 saturated heterocycles. The first-order valence-electron chi connectivity index (χ1n) is 5.27. The highest BCUT2D eigenvalue weighted by atomic mass is 32.1. The fourth-order valence-corrected chi connectivity index (χ4v) is 1.77. The van der Waals surface area contributed by atoms with Crippen molar-refractivity contribution in [3.63, 3.8) is 0 Å². The summed E-state index contributed by atoms with van der Waals surface area (Å²) in [5, 5.41) is 4.92. The van der Waals surface area contributed by atoms with Gasteiger partial charge in [-0.3, -0.25) is 4.79 Å². The molecular weight excluding hydrogens is 252 g/mol. The molecule has 0 bridgehead atoms. The number of aromatic nitrogens is 1. The molecule has 0 aromatic carbocycles. The van der Waals surface area contributed by atoms with Crippen LogP contribution in [0, 0.1) is 0 Å². The summed E-state index contributed by atoms with van der Waals surface area (Å²) in [5.74, 6) is -0.681. The normalized spacial score (nSPS) is 11.0. The molecule has 0 spiro atoms. The third-order valence-electron chi connectivity index (χ3n) is 1.91. The molecule has 1 amide bonds. The Morgan fingerprint density at radius 2 is 2.28 bits per heavy atom. The van der Waals surface area contributed by atoms with Crippen LogP contribution in [0.3, 0.4) is 0 Å². The molecule has 1 N–H and O–H groups in total. The van der Waals surface area contributed by atoms with Crippen molar-refractivity contribution in [1.82, 2.24) is 10.3 Å². The van der Waals surface area contributed by atoms with Gasteiger partial charge in [0.25, 0.3) is 0 Å². The molecule has 1 aromatic heterocycles. The van der Waals surface area contributed by atoms with Gasteiger partial charge in [-0.05, 0) is 6.92 Å². The van der Waals surface area contributed by atoms with Crippen molar-refractivity contribution in [2.45, 2.75) is 13.5 Å². The van der Waals surface area contributed by atoms with Gasteiger partial charge < -0.3 is 10.1 Å². The second-order valence-corrected chi connectivity index (χ2v) is 4.16. The van der Waals surface area contributed by atoms with E-state index >= 15 is 0 Å². The van der Waals surface area contributed by atoms with Crippen LogP contribution in [0.5, 0.6) is 0 Å². The Hall–Kier alpha value is -1.95. The lowest BCUT2D eigenvalue weighted by Gasteiger charge is -1.97. The number of nitrogens with zero attached hydrogens (tertiary/aromatic N) is 1. The maximum atomic E-state index is 11.3. The van der Waals surface area contributed by atoms with Crippen LogP contribution >= 0.6 is 11.3 Å². The number of methoxy groups -OCH3 is 1. The highest BCUT2D eigenvalue weighted by Crippen LogP contribution is 2.10. The number of esters is 1. The molecule has 0 radical (unpaired) electrons. The first-order valence-corrected chi connectivity index (χ1v) is 6.15. The lowest BCUT2D eigenvalue weighted by Crippen LogP contribution is -2.20. The van der Waals surface area contributed by atoms with Gasteiger partial charge >= 0.3 is 5.97 Å². The third kappa shape index (κ3) is 4.50. The van der Waals surface area contributed by atoms with Gasteiger partial charge in [0.1, 0.15) is 5.01 Å². The fourth-order valence-electron chi connectivity index (χ4n) is 1.07. The Kier molecular flexibility index (Phi) is 5.79. The van der Waals surface area contributed by atoms with Crippen LogP contribution in [0.15, 0.2) is 29.7 Å². The van der Waals surface area contributed by atoms with Gasteiger partial charge in [0, 0.05) is 11.5 Å². The number of hydrogen-bond donors (Lipinski definition) is 1. The van der Waals surface area contributed by atoms with E-state index in [0.29, 0.717) is 11.6 Å². The summed E-state index contributed by atoms with van der Waals surface area (Å²) in [5.41, 5.74) is 0.260. The van der Waals surface area contributed by atoms with E-state index in [4.69, 9.17) is 0 Å². The molecule has 1 aromatic rings. The third-order valence-corrected chi connectivity index (χ3v) is 2.76. The van der Waals surface area contributed by atoms with E-state index in [1.807, 2.05) is 13.0 Å². The number of thiazole rings is 1. The van der Waals surface area contributed by atoms with Crippen molar-refractivity contribution in [3.05, 3.63) is 40.4 Å². The van der Waals surface area contributed by atoms with E-state index in [0.717, 1.165) is 0 Å². The van der Waals surface area contributed by atoms with Crippen LogP contribution in [0.1, 0.15) is 22.4 Å². The van der Waals surface area contributed by atoms with Crippen molar-refractivity contribution in [2.24, 2.45) is 0 Å². The SMILES string of the molecule is C/C=C/C=C/C(=O)NCc1nc(C(=O)OC)cs1. The molecule has 0 aliphatic rings. The predicted molar refractivity (Wildman–Crippen MR) is 69.3 cm³/mol. The van der Waals surface area contributed by atoms with Crippen LogP contribution in [-0.2, 0) is 16.1 Å². The topological polar surface area (TPSA) is 68.3 Å². The molecule has 1 rings (SSSR count). The molecule has 0 aliphatic carbocycles. The molecule has 6 heteroatoms. The van der Waals surface area contributed by atoms with Gasteiger partial charge in [0.05, 0.1) is 13.7 Å². The Bertz CT molecular complexity index is 477. The Labute approximate surface area is 109 Å². The quantitative estimate of drug-likeness (QED) is 0.500. The molecule has 0 fully saturated rings. The molecular formula is C12H14N2O3S. The van der Waals surface area contributed by atoms with Crippen molar-refractivity contribution >= 4 is 23.2 Å². The van der Waals surface area contributed by atoms with Crippen LogP contribution in [0.25, 0.3) is 0 Å². The summed E-state index contributed by atoms with van der Waals surface area (Å²) >= 11 is 1.30. The Morgan fingerprint density at radius 1 is 1.50 bits per heavy atom. The van der Waals surface area contributed by atoms with Crippen LogP contribution in [0.4, 0.5) is 0 Å². The summed E-state index contributed by atoms with van der Waals surface area (Å²) in [4.78, 5) is 26.5. The zero-order valence-corrected chi connectivity index (χ0v) is 11.0. The minimum absolute atomic E-state index is 0.206. The van der Waals surface area contributed by atoms with Crippen molar-refractivity contribution in [2.75, 3.05) is 7.11 Å². The van der Waals surface area contributed by atoms with E-state index in [1.54, 1.807) is 17.5 Å². The molecule has 1 heterocycles. The minimum Gasteiger partial charge on any atom is -0.464 e. The molecule has 5 nitrogen and oxygen atoms in total. The number of ether oxygens (including phenoxy) is 1. The van der Waals surface area contributed by atoms with Gasteiger partial charge in [-0.15, -0.1) is 11.3 Å². The predicted octanol–water partition coefficient (Wildman–Crippen LogP) is 1.68. The molecule has 0 aliphatic heterocycles. The van der Waals surface area contributed by atoms with Crippen molar-refractivity contribution < 1.29 is 14.3 Å². The van der Waals surface area contributed by atoms with E-state index in [9.17, 15) is 9.59 Å². The number of hydrogen-bond acceptors (Lipinski definition) is 5. The maximum Gasteiger partial charge on any atom is 0.357 e. The number of carbonyl (C=O) groups excluding carboxylic acids is 2. The Balaban J connectivity index is 2.46. The maximum absolute atomic E-state index is 11.3. The van der Waals surface area contributed by atoms with Gasteiger partial charge in [0.2, 0.25) is 5.91 Å². The van der Waals surface area contributed by atoms with E-state index in [-0.39, 0.29) is 11.6 Å². The molecule has 96 valence electrons. The fraction of sp³-hybridized carbons (Fsp3) is 0.250. The van der Waals surface area contributed by atoms with Crippen molar-refractivity contribution in [3.8, 4) is 0 Å². The van der Waals surface area contributed by atoms with Crippen LogP contribution in [0.2, 0.25) is 0 Å². The highest BCUT2D eigenvalue weighted by Gasteiger charge is 2.10. The molecule has 0 atom stereocenters. The van der Waals surface area contributed by atoms with Crippen LogP contribution in [-0.4, -0.2) is 24.0 Å². The lowest BCUT2D eigenvalue weighted by molar-refractivity contribution is -0.116. The van der Waals surface area contributed by atoms with Gasteiger partial charge in [-0.1, -0.05) is 18.2 Å². The number of nitrogens with one attached hydrogen (secondary N) is 1. The number of carbonyl (C=O) groups is 2. The molecule has 0 saturated carbocycles. The second kappa shape index (κ2) is 7.39. The first-order chi connectivity index (χ1) is 8.67. The van der Waals surface area contributed by atoms with E-state index in [2.05, 4.69) is 15.0 Å². The summed E-state index contributed by atoms with van der Waals surface area (Å²) < 4.78 is 4.54. The lowest BCUT2D eigenvalue weighted by atomic mass is 10.4. The second-order valence-electron chi connectivity index (χ2n) is 3.22. The smallest absolute Gasteiger partial charge is 0.357 e. The zero-order chi connectivity index (χ0) is 13.4. The average molecular weight is 266 g/mol. The first kappa shape index (κ1) is 14.1. The van der Waals surface area contributed by atoms with Gasteiger partial charge in [-0.2, -0.15) is 0 Å². The zero-order valence-electron chi connectivity index (χ0n) is 10.2. The highest BCUT2D eigenvalue weighted by molar-refractivity contribution is 7.09. The summed E-state index contributed by atoms with van der Waals surface area (Å²) in [6.45, 7) is 2.16. The summed E-state index contributed by atoms with van der Waals surface area (Å²) in [6.07, 6.45) is 6.66. The number of allylic oxidation sites excluding steroid dienone is 3. The number of rotatable bonds is 5. The van der Waals surface area contributed by atoms with Gasteiger partial charge in [-0.25, -0.2) is 9.78 Å². The van der Waals surface area contributed by atoms with Crippen molar-refractivity contribution in [1.29, 1.82) is 0 Å². The molecule has 18 heavy (non-hydrogen) atoms.